The van der Waals surface area contributed by atoms with Crippen LogP contribution in [0.3, 0.4) is 0 Å². The van der Waals surface area contributed by atoms with E-state index >= 15 is 0 Å². The standard InChI is InChI=1S/C24H17ClN4O4/c1-13-9-20(33-29-13)23(30)22-17-10-16(18(25)11-19(17)28-24(22)31)14-3-5-15(6-4-14)32-12-21-26-7-2-8-27-21/h2-11,28,31H,12H2,1H3. The topological polar surface area (TPSA) is 114 Å². The number of aromatic amines is 1. The second-order valence-electron chi connectivity index (χ2n) is 7.37. The van der Waals surface area contributed by atoms with Gasteiger partial charge >= 0.3 is 0 Å². The van der Waals surface area contributed by atoms with Gasteiger partial charge in [0.1, 0.15) is 12.4 Å². The predicted octanol–water partition coefficient (Wildman–Crippen LogP) is 5.09. The maximum Gasteiger partial charge on any atom is 0.237 e. The molecule has 0 bridgehead atoms. The van der Waals surface area contributed by atoms with Gasteiger partial charge in [-0.25, -0.2) is 9.97 Å². The summed E-state index contributed by atoms with van der Waals surface area (Å²) in [7, 11) is 0. The first-order chi connectivity index (χ1) is 16.0. The van der Waals surface area contributed by atoms with Crippen molar-refractivity contribution >= 4 is 28.3 Å². The van der Waals surface area contributed by atoms with Crippen molar-refractivity contribution in [3.05, 3.63) is 88.8 Å². The molecule has 33 heavy (non-hydrogen) atoms. The van der Waals surface area contributed by atoms with Crippen LogP contribution in [0.1, 0.15) is 27.6 Å². The highest BCUT2D eigenvalue weighted by atomic mass is 35.5. The van der Waals surface area contributed by atoms with Crippen LogP contribution in [0.4, 0.5) is 0 Å². The van der Waals surface area contributed by atoms with E-state index in [1.165, 1.54) is 6.07 Å². The van der Waals surface area contributed by atoms with Crippen LogP contribution in [-0.4, -0.2) is 31.0 Å². The van der Waals surface area contributed by atoms with Crippen LogP contribution in [-0.2, 0) is 6.61 Å². The van der Waals surface area contributed by atoms with Crippen LogP contribution in [0, 0.1) is 6.92 Å². The highest BCUT2D eigenvalue weighted by molar-refractivity contribution is 6.34. The van der Waals surface area contributed by atoms with Gasteiger partial charge in [0.15, 0.2) is 5.82 Å². The molecule has 0 amide bonds. The zero-order valence-electron chi connectivity index (χ0n) is 17.4. The molecule has 8 nitrogen and oxygen atoms in total. The van der Waals surface area contributed by atoms with E-state index in [0.717, 1.165) is 5.56 Å². The number of nitrogens with zero attached hydrogens (tertiary/aromatic N) is 3. The highest BCUT2D eigenvalue weighted by Crippen LogP contribution is 2.37. The number of carbonyl (C=O) groups is 1. The number of aromatic nitrogens is 4. The Morgan fingerprint density at radius 2 is 1.91 bits per heavy atom. The third-order valence-electron chi connectivity index (χ3n) is 5.10. The third kappa shape index (κ3) is 4.04. The number of aromatic hydroxyl groups is 1. The maximum absolute atomic E-state index is 12.9. The van der Waals surface area contributed by atoms with Crippen molar-refractivity contribution in [2.24, 2.45) is 0 Å². The molecule has 3 heterocycles. The molecule has 5 aromatic rings. The number of hydrogen-bond donors (Lipinski definition) is 2. The van der Waals surface area contributed by atoms with Gasteiger partial charge in [0, 0.05) is 29.4 Å². The van der Waals surface area contributed by atoms with E-state index in [2.05, 4.69) is 20.1 Å². The number of fused-ring (bicyclic) bond motifs is 1. The van der Waals surface area contributed by atoms with Gasteiger partial charge in [-0.2, -0.15) is 0 Å². The lowest BCUT2D eigenvalue weighted by Crippen LogP contribution is -2.00. The van der Waals surface area contributed by atoms with E-state index < -0.39 is 5.78 Å². The summed E-state index contributed by atoms with van der Waals surface area (Å²) in [5, 5.41) is 15.1. The van der Waals surface area contributed by atoms with Gasteiger partial charge in [0.2, 0.25) is 17.4 Å². The summed E-state index contributed by atoms with van der Waals surface area (Å²) in [4.78, 5) is 24.0. The molecule has 2 N–H and O–H groups in total. The summed E-state index contributed by atoms with van der Waals surface area (Å²) in [6.45, 7) is 1.97. The minimum atomic E-state index is -0.473. The minimum absolute atomic E-state index is 0.0455. The van der Waals surface area contributed by atoms with Gasteiger partial charge in [-0.15, -0.1) is 0 Å². The second kappa shape index (κ2) is 8.40. The molecule has 0 saturated heterocycles. The van der Waals surface area contributed by atoms with Crippen molar-refractivity contribution in [1.29, 1.82) is 0 Å². The van der Waals surface area contributed by atoms with E-state index in [0.29, 0.717) is 38.8 Å². The number of aryl methyl sites for hydroxylation is 1. The first-order valence-electron chi connectivity index (χ1n) is 10.0. The van der Waals surface area contributed by atoms with E-state index in [4.69, 9.17) is 20.9 Å². The van der Waals surface area contributed by atoms with Crippen molar-refractivity contribution in [2.45, 2.75) is 13.5 Å². The Morgan fingerprint density at radius 3 is 2.61 bits per heavy atom. The largest absolute Gasteiger partial charge is 0.494 e. The summed E-state index contributed by atoms with van der Waals surface area (Å²) in [6.07, 6.45) is 3.32. The molecule has 0 spiro atoms. The Hall–Kier alpha value is -4.17. The fourth-order valence-corrected chi connectivity index (χ4v) is 3.80. The zero-order valence-corrected chi connectivity index (χ0v) is 18.1. The van der Waals surface area contributed by atoms with Gasteiger partial charge in [0.05, 0.1) is 21.8 Å². The molecular weight excluding hydrogens is 444 g/mol. The third-order valence-corrected chi connectivity index (χ3v) is 5.41. The zero-order chi connectivity index (χ0) is 22.9. The highest BCUT2D eigenvalue weighted by Gasteiger charge is 2.24. The maximum atomic E-state index is 12.9. The number of rotatable bonds is 6. The molecule has 0 aliphatic carbocycles. The van der Waals surface area contributed by atoms with E-state index in [1.807, 2.05) is 24.3 Å². The van der Waals surface area contributed by atoms with Crippen LogP contribution in [0.25, 0.3) is 22.0 Å². The van der Waals surface area contributed by atoms with Gasteiger partial charge in [0.25, 0.3) is 0 Å². The molecule has 0 fully saturated rings. The lowest BCUT2D eigenvalue weighted by atomic mass is 10.0. The van der Waals surface area contributed by atoms with E-state index in [-0.39, 0.29) is 23.8 Å². The summed E-state index contributed by atoms with van der Waals surface area (Å²) in [5.74, 6) is 0.550. The van der Waals surface area contributed by atoms with Gasteiger partial charge in [-0.3, -0.25) is 4.79 Å². The normalized spacial score (nSPS) is 11.1. The quantitative estimate of drug-likeness (QED) is 0.339. The smallest absolute Gasteiger partial charge is 0.237 e. The Balaban J connectivity index is 1.47. The molecule has 164 valence electrons. The number of benzene rings is 2. The molecule has 0 unspecified atom stereocenters. The van der Waals surface area contributed by atoms with Crippen molar-refractivity contribution in [3.63, 3.8) is 0 Å². The van der Waals surface area contributed by atoms with Crippen LogP contribution >= 0.6 is 11.6 Å². The summed E-state index contributed by atoms with van der Waals surface area (Å²) in [6, 6.07) is 14.1. The fraction of sp³-hybridized carbons (Fsp3) is 0.0833. The number of ketones is 1. The lowest BCUT2D eigenvalue weighted by Gasteiger charge is -2.09. The lowest BCUT2D eigenvalue weighted by molar-refractivity contribution is 0.0999. The molecule has 0 aliphatic heterocycles. The van der Waals surface area contributed by atoms with Crippen molar-refractivity contribution in [1.82, 2.24) is 20.1 Å². The van der Waals surface area contributed by atoms with E-state index in [1.54, 1.807) is 37.5 Å². The van der Waals surface area contributed by atoms with Crippen molar-refractivity contribution in [3.8, 4) is 22.8 Å². The summed E-state index contributed by atoms with van der Waals surface area (Å²) >= 11 is 6.52. The molecule has 0 aliphatic rings. The van der Waals surface area contributed by atoms with Gasteiger partial charge < -0.3 is 19.4 Å². The van der Waals surface area contributed by atoms with Crippen molar-refractivity contribution < 1.29 is 19.2 Å². The second-order valence-corrected chi connectivity index (χ2v) is 7.77. The Morgan fingerprint density at radius 1 is 1.15 bits per heavy atom. The number of nitrogens with one attached hydrogen (secondary N) is 1. The van der Waals surface area contributed by atoms with Gasteiger partial charge in [-0.1, -0.05) is 28.9 Å². The molecular formula is C24H17ClN4O4. The number of ether oxygens (including phenoxy) is 1. The van der Waals surface area contributed by atoms with Crippen LogP contribution < -0.4 is 4.74 Å². The molecule has 9 heteroatoms. The summed E-state index contributed by atoms with van der Waals surface area (Å²) < 4.78 is 10.8. The molecule has 5 rings (SSSR count). The number of halogens is 1. The molecule has 2 aromatic carbocycles. The first kappa shape index (κ1) is 20.7. The average molecular weight is 461 g/mol. The Kier molecular flexibility index (Phi) is 5.27. The number of hydrogen-bond acceptors (Lipinski definition) is 7. The molecule has 0 radical (unpaired) electrons. The van der Waals surface area contributed by atoms with Crippen molar-refractivity contribution in [2.75, 3.05) is 0 Å². The Labute approximate surface area is 192 Å². The Bertz CT molecular complexity index is 1460. The monoisotopic (exact) mass is 460 g/mol. The summed E-state index contributed by atoms with van der Waals surface area (Å²) in [5.41, 5.74) is 2.72. The van der Waals surface area contributed by atoms with Gasteiger partial charge in [-0.05, 0) is 42.8 Å². The molecule has 0 saturated carbocycles. The van der Waals surface area contributed by atoms with E-state index in [9.17, 15) is 9.90 Å². The first-order valence-corrected chi connectivity index (χ1v) is 10.4. The fourth-order valence-electron chi connectivity index (χ4n) is 3.53. The predicted molar refractivity (Wildman–Crippen MR) is 121 cm³/mol. The van der Waals surface area contributed by atoms with Crippen LogP contribution in [0.2, 0.25) is 5.02 Å². The minimum Gasteiger partial charge on any atom is -0.494 e. The number of carbonyl (C=O) groups excluding carboxylic acids is 1. The molecule has 3 aromatic heterocycles. The molecule has 0 atom stereocenters. The number of H-pyrrole nitrogens is 1. The SMILES string of the molecule is Cc1cc(C(=O)c2c(O)[nH]c3cc(Cl)c(-c4ccc(OCc5ncccn5)cc4)cc23)on1. The average Bonchev–Trinajstić information content (AvgIpc) is 3.40. The van der Waals surface area contributed by atoms with Crippen LogP contribution in [0.15, 0.2) is 65.4 Å². The van der Waals surface area contributed by atoms with Crippen LogP contribution in [0.5, 0.6) is 11.6 Å².